The summed E-state index contributed by atoms with van der Waals surface area (Å²) in [6.07, 6.45) is -4.43. The summed E-state index contributed by atoms with van der Waals surface area (Å²) in [5.74, 6) is -1.35. The summed E-state index contributed by atoms with van der Waals surface area (Å²) >= 11 is 2.41. The molecule has 0 aliphatic rings. The van der Waals surface area contributed by atoms with E-state index in [1.54, 1.807) is 0 Å². The first kappa shape index (κ1) is 14.9. The molecular weight excluding hydrogens is 320 g/mol. The van der Waals surface area contributed by atoms with Crippen molar-refractivity contribution in [1.82, 2.24) is 0 Å². The molecule has 0 radical (unpaired) electrons. The predicted octanol–water partition coefficient (Wildman–Crippen LogP) is 3.73. The minimum absolute atomic E-state index is 0.0637. The highest BCUT2D eigenvalue weighted by molar-refractivity contribution is 9.09. The van der Waals surface area contributed by atoms with E-state index in [0.29, 0.717) is 0 Å². The van der Waals surface area contributed by atoms with Crippen LogP contribution in [0.5, 0.6) is 5.75 Å². The molecule has 100 valence electrons. The molecule has 1 atom stereocenters. The van der Waals surface area contributed by atoms with Crippen LogP contribution < -0.4 is 4.74 Å². The van der Waals surface area contributed by atoms with Gasteiger partial charge in [-0.15, -0.1) is 0 Å². The molecule has 0 aliphatic heterocycles. The Hall–Kier alpha value is -1.11. The van der Waals surface area contributed by atoms with Gasteiger partial charge in [0, 0.05) is 6.07 Å². The highest BCUT2D eigenvalue weighted by atomic mass is 79.9. The Kier molecular flexibility index (Phi) is 4.72. The third-order valence-electron chi connectivity index (χ3n) is 2.07. The van der Waals surface area contributed by atoms with Crippen LogP contribution in [0.1, 0.15) is 17.3 Å². The van der Waals surface area contributed by atoms with Crippen molar-refractivity contribution in [2.24, 2.45) is 0 Å². The Balaban J connectivity index is 2.70. The second-order valence-electron chi connectivity index (χ2n) is 3.52. The molecule has 2 nitrogen and oxygen atoms in total. The molecule has 0 heterocycles. The molecule has 0 aliphatic carbocycles. The summed E-state index contributed by atoms with van der Waals surface area (Å²) in [5.41, 5.74) is -0.131. The number of hydrogen-bond acceptors (Lipinski definition) is 2. The summed E-state index contributed by atoms with van der Waals surface area (Å²) in [6.45, 7) is 0.513. The van der Waals surface area contributed by atoms with Gasteiger partial charge in [-0.05, 0) is 19.1 Å². The second-order valence-corrected chi connectivity index (χ2v) is 4.62. The van der Waals surface area contributed by atoms with Crippen molar-refractivity contribution >= 4 is 21.7 Å². The van der Waals surface area contributed by atoms with Crippen molar-refractivity contribution < 1.29 is 27.1 Å². The SMILES string of the molecule is CC(=O)c1ccc(OCC(Br)C(F)(F)F)cc1F. The number of ketones is 1. The highest BCUT2D eigenvalue weighted by Gasteiger charge is 2.38. The third-order valence-corrected chi connectivity index (χ3v) is 2.85. The zero-order chi connectivity index (χ0) is 13.9. The zero-order valence-electron chi connectivity index (χ0n) is 9.22. The van der Waals surface area contributed by atoms with Crippen molar-refractivity contribution in [2.45, 2.75) is 17.9 Å². The Morgan fingerprint density at radius 2 is 2.06 bits per heavy atom. The predicted molar refractivity (Wildman–Crippen MR) is 60.7 cm³/mol. The molecule has 0 spiro atoms. The number of ether oxygens (including phenoxy) is 1. The molecular formula is C11H9BrF4O2. The lowest BCUT2D eigenvalue weighted by molar-refractivity contribution is -0.132. The van der Waals surface area contributed by atoms with Gasteiger partial charge >= 0.3 is 6.18 Å². The van der Waals surface area contributed by atoms with Gasteiger partial charge in [0.25, 0.3) is 0 Å². The minimum atomic E-state index is -4.43. The largest absolute Gasteiger partial charge is 0.492 e. The monoisotopic (exact) mass is 328 g/mol. The van der Waals surface area contributed by atoms with Gasteiger partial charge in [0.15, 0.2) is 5.78 Å². The van der Waals surface area contributed by atoms with Gasteiger partial charge < -0.3 is 4.74 Å². The van der Waals surface area contributed by atoms with Crippen LogP contribution in [0.3, 0.4) is 0 Å². The Bertz CT molecular complexity index is 445. The standard InChI is InChI=1S/C11H9BrF4O2/c1-6(17)8-3-2-7(4-9(8)13)18-5-10(12)11(14,15)16/h2-4,10H,5H2,1H3. The van der Waals surface area contributed by atoms with Crippen LogP contribution >= 0.6 is 15.9 Å². The lowest BCUT2D eigenvalue weighted by atomic mass is 10.1. The molecule has 1 aromatic rings. The summed E-state index contributed by atoms with van der Waals surface area (Å²) in [4.78, 5) is 9.11. The lowest BCUT2D eigenvalue weighted by Crippen LogP contribution is -2.28. The fraction of sp³-hybridized carbons (Fsp3) is 0.364. The number of rotatable bonds is 4. The zero-order valence-corrected chi connectivity index (χ0v) is 10.8. The first-order valence-electron chi connectivity index (χ1n) is 4.86. The number of halogens is 5. The van der Waals surface area contributed by atoms with Crippen molar-refractivity contribution in [3.63, 3.8) is 0 Å². The van der Waals surface area contributed by atoms with Gasteiger partial charge in [-0.2, -0.15) is 13.2 Å². The van der Waals surface area contributed by atoms with E-state index < -0.39 is 29.2 Å². The van der Waals surface area contributed by atoms with Crippen molar-refractivity contribution in [2.75, 3.05) is 6.61 Å². The molecule has 1 rings (SSSR count). The van der Waals surface area contributed by atoms with E-state index in [2.05, 4.69) is 15.9 Å². The smallest absolute Gasteiger partial charge is 0.404 e. The van der Waals surface area contributed by atoms with E-state index in [9.17, 15) is 22.4 Å². The lowest BCUT2D eigenvalue weighted by Gasteiger charge is -2.15. The normalized spacial score (nSPS) is 13.2. The van der Waals surface area contributed by atoms with Gasteiger partial charge in [-0.25, -0.2) is 4.39 Å². The number of carbonyl (C=O) groups excluding carboxylic acids is 1. The van der Waals surface area contributed by atoms with Gasteiger partial charge in [-0.1, -0.05) is 15.9 Å². The van der Waals surface area contributed by atoms with Crippen LogP contribution in [0, 0.1) is 5.82 Å². The highest BCUT2D eigenvalue weighted by Crippen LogP contribution is 2.27. The van der Waals surface area contributed by atoms with Crippen LogP contribution in [0.25, 0.3) is 0 Å². The number of Topliss-reactive ketones (excluding diaryl/α,β-unsaturated/α-hetero) is 1. The maximum atomic E-state index is 13.3. The quantitative estimate of drug-likeness (QED) is 0.478. The van der Waals surface area contributed by atoms with Crippen molar-refractivity contribution in [3.05, 3.63) is 29.6 Å². The summed E-state index contributed by atoms with van der Waals surface area (Å²) in [7, 11) is 0. The molecule has 7 heteroatoms. The fourth-order valence-corrected chi connectivity index (χ4v) is 1.27. The molecule has 18 heavy (non-hydrogen) atoms. The molecule has 1 unspecified atom stereocenters. The van der Waals surface area contributed by atoms with Crippen LogP contribution in [0.2, 0.25) is 0 Å². The topological polar surface area (TPSA) is 26.3 Å². The summed E-state index contributed by atoms with van der Waals surface area (Å²) in [6, 6.07) is 3.30. The van der Waals surface area contributed by atoms with Gasteiger partial charge in [0.2, 0.25) is 0 Å². The molecule has 1 aromatic carbocycles. The summed E-state index contributed by atoms with van der Waals surface area (Å²) < 4.78 is 54.6. The van der Waals surface area contributed by atoms with E-state index in [1.165, 1.54) is 19.1 Å². The van der Waals surface area contributed by atoms with Crippen LogP contribution in [-0.4, -0.2) is 23.4 Å². The molecule has 0 fully saturated rings. The third kappa shape index (κ3) is 3.97. The van der Waals surface area contributed by atoms with E-state index in [0.717, 1.165) is 6.07 Å². The number of hydrogen-bond donors (Lipinski definition) is 0. The van der Waals surface area contributed by atoms with Gasteiger partial charge in [0.05, 0.1) is 5.56 Å². The average molecular weight is 329 g/mol. The van der Waals surface area contributed by atoms with Crippen molar-refractivity contribution in [3.8, 4) is 5.75 Å². The van der Waals surface area contributed by atoms with Crippen molar-refractivity contribution in [1.29, 1.82) is 0 Å². The Morgan fingerprint density at radius 3 is 2.50 bits per heavy atom. The number of carbonyl (C=O) groups is 1. The molecule has 0 N–H and O–H groups in total. The Morgan fingerprint density at radius 1 is 1.44 bits per heavy atom. The molecule has 0 saturated carbocycles. The average Bonchev–Trinajstić information content (AvgIpc) is 2.24. The molecule has 0 aromatic heterocycles. The van der Waals surface area contributed by atoms with Crippen LogP contribution in [0.15, 0.2) is 18.2 Å². The van der Waals surface area contributed by atoms with E-state index in [-0.39, 0.29) is 11.3 Å². The fourth-order valence-electron chi connectivity index (χ4n) is 1.14. The minimum Gasteiger partial charge on any atom is -0.492 e. The van der Waals surface area contributed by atoms with Crippen LogP contribution in [-0.2, 0) is 0 Å². The van der Waals surface area contributed by atoms with E-state index in [1.807, 2.05) is 0 Å². The number of benzene rings is 1. The molecule has 0 bridgehead atoms. The summed E-state index contributed by atoms with van der Waals surface area (Å²) in [5, 5.41) is 0. The molecule has 0 saturated heterocycles. The molecule has 0 amide bonds. The van der Waals surface area contributed by atoms with Gasteiger partial charge in [-0.3, -0.25) is 4.79 Å². The van der Waals surface area contributed by atoms with E-state index >= 15 is 0 Å². The Labute approximate surface area is 109 Å². The maximum Gasteiger partial charge on any atom is 0.404 e. The van der Waals surface area contributed by atoms with E-state index in [4.69, 9.17) is 4.74 Å². The first-order valence-corrected chi connectivity index (χ1v) is 5.77. The van der Waals surface area contributed by atoms with Gasteiger partial charge in [0.1, 0.15) is 23.0 Å². The van der Waals surface area contributed by atoms with Crippen LogP contribution in [0.4, 0.5) is 17.6 Å². The maximum absolute atomic E-state index is 13.3. The number of alkyl halides is 4. The first-order chi connectivity index (χ1) is 8.21. The second kappa shape index (κ2) is 5.69.